The van der Waals surface area contributed by atoms with Gasteiger partial charge in [0.1, 0.15) is 6.07 Å². The van der Waals surface area contributed by atoms with Crippen LogP contribution in [0.2, 0.25) is 0 Å². The van der Waals surface area contributed by atoms with Crippen molar-refractivity contribution in [2.75, 3.05) is 24.7 Å². The van der Waals surface area contributed by atoms with E-state index in [1.165, 1.54) is 12.8 Å². The number of anilines is 1. The Morgan fingerprint density at radius 3 is 3.11 bits per heavy atom. The normalized spacial score (nSPS) is 18.6. The van der Waals surface area contributed by atoms with E-state index < -0.39 is 0 Å². The van der Waals surface area contributed by atoms with Gasteiger partial charge in [-0.3, -0.25) is 0 Å². The van der Waals surface area contributed by atoms with E-state index in [1.54, 1.807) is 11.8 Å². The van der Waals surface area contributed by atoms with Crippen molar-refractivity contribution in [3.05, 3.63) is 23.8 Å². The van der Waals surface area contributed by atoms with Crippen molar-refractivity contribution < 1.29 is 0 Å². The molecule has 0 radical (unpaired) electrons. The number of hydrogen-bond acceptors (Lipinski definition) is 4. The average Bonchev–Trinajstić information content (AvgIpc) is 2.91. The first-order valence-electron chi connectivity index (χ1n) is 6.39. The summed E-state index contributed by atoms with van der Waals surface area (Å²) in [4.78, 5) is 1.04. The molecule has 1 aliphatic heterocycles. The lowest BCUT2D eigenvalue weighted by molar-refractivity contribution is 0.574. The molecule has 1 heterocycles. The lowest BCUT2D eigenvalue weighted by atomic mass is 10.1. The molecular weight excluding hydrogens is 242 g/mol. The van der Waals surface area contributed by atoms with Crippen LogP contribution in [0.4, 0.5) is 5.69 Å². The van der Waals surface area contributed by atoms with Gasteiger partial charge >= 0.3 is 0 Å². The van der Waals surface area contributed by atoms with Crippen LogP contribution in [0.1, 0.15) is 24.8 Å². The predicted molar refractivity (Wildman–Crippen MR) is 77.1 cm³/mol. The Labute approximate surface area is 113 Å². The maximum atomic E-state index is 9.23. The van der Waals surface area contributed by atoms with E-state index in [-0.39, 0.29) is 0 Å². The summed E-state index contributed by atoms with van der Waals surface area (Å²) in [5, 5.41) is 16.1. The van der Waals surface area contributed by atoms with Crippen molar-refractivity contribution in [2.24, 2.45) is 0 Å². The van der Waals surface area contributed by atoms with E-state index in [2.05, 4.69) is 16.7 Å². The highest BCUT2D eigenvalue weighted by Gasteiger charge is 2.13. The third-order valence-corrected chi connectivity index (χ3v) is 4.11. The number of nitrogens with one attached hydrogen (secondary N) is 2. The summed E-state index contributed by atoms with van der Waals surface area (Å²) >= 11 is 1.62. The molecule has 1 aromatic rings. The fourth-order valence-corrected chi connectivity index (χ4v) is 2.92. The molecule has 2 rings (SSSR count). The smallest absolute Gasteiger partial charge is 0.102 e. The first kappa shape index (κ1) is 13.3. The molecule has 2 N–H and O–H groups in total. The van der Waals surface area contributed by atoms with Crippen molar-refractivity contribution in [1.82, 2.24) is 5.32 Å². The van der Waals surface area contributed by atoms with Crippen LogP contribution in [-0.2, 0) is 0 Å². The van der Waals surface area contributed by atoms with Crippen molar-refractivity contribution in [2.45, 2.75) is 30.2 Å². The zero-order chi connectivity index (χ0) is 12.8. The maximum absolute atomic E-state index is 9.23. The Kier molecular flexibility index (Phi) is 4.91. The minimum absolute atomic E-state index is 0.645. The molecule has 0 aliphatic carbocycles. The van der Waals surface area contributed by atoms with Gasteiger partial charge in [0.2, 0.25) is 0 Å². The largest absolute Gasteiger partial charge is 0.384 e. The monoisotopic (exact) mass is 261 g/mol. The third-order valence-electron chi connectivity index (χ3n) is 3.33. The second kappa shape index (κ2) is 6.67. The molecule has 1 fully saturated rings. The van der Waals surface area contributed by atoms with Gasteiger partial charge in [-0.25, -0.2) is 0 Å². The zero-order valence-corrected chi connectivity index (χ0v) is 11.5. The second-order valence-electron chi connectivity index (χ2n) is 4.50. The molecule has 0 aromatic heterocycles. The van der Waals surface area contributed by atoms with E-state index in [0.29, 0.717) is 6.04 Å². The highest BCUT2D eigenvalue weighted by molar-refractivity contribution is 7.98. The number of rotatable bonds is 5. The quantitative estimate of drug-likeness (QED) is 0.800. The van der Waals surface area contributed by atoms with E-state index in [4.69, 9.17) is 0 Å². The van der Waals surface area contributed by atoms with Gasteiger partial charge in [0.25, 0.3) is 0 Å². The number of hydrogen-bond donors (Lipinski definition) is 2. The molecule has 4 heteroatoms. The fourth-order valence-electron chi connectivity index (χ4n) is 2.35. The minimum atomic E-state index is 0.645. The van der Waals surface area contributed by atoms with Gasteiger partial charge in [-0.15, -0.1) is 11.8 Å². The Balaban J connectivity index is 1.94. The van der Waals surface area contributed by atoms with Gasteiger partial charge in [-0.05, 0) is 44.2 Å². The maximum Gasteiger partial charge on any atom is 0.102 e. The lowest BCUT2D eigenvalue weighted by Gasteiger charge is -2.13. The van der Waals surface area contributed by atoms with Crippen LogP contribution in [0.3, 0.4) is 0 Å². The van der Waals surface area contributed by atoms with Gasteiger partial charge in [0.15, 0.2) is 0 Å². The highest BCUT2D eigenvalue weighted by Crippen LogP contribution is 2.26. The van der Waals surface area contributed by atoms with Crippen LogP contribution in [0.25, 0.3) is 0 Å². The molecule has 0 bridgehead atoms. The van der Waals surface area contributed by atoms with Gasteiger partial charge < -0.3 is 10.6 Å². The molecule has 3 nitrogen and oxygen atoms in total. The van der Waals surface area contributed by atoms with Gasteiger partial charge in [-0.2, -0.15) is 5.26 Å². The van der Waals surface area contributed by atoms with Crippen LogP contribution in [0, 0.1) is 11.3 Å². The summed E-state index contributed by atoms with van der Waals surface area (Å²) in [6.45, 7) is 2.07. The predicted octanol–water partition coefficient (Wildman–Crippen LogP) is 2.83. The summed E-state index contributed by atoms with van der Waals surface area (Å²) in [7, 11) is 0. The van der Waals surface area contributed by atoms with Crippen LogP contribution in [0.15, 0.2) is 23.1 Å². The van der Waals surface area contributed by atoms with E-state index >= 15 is 0 Å². The van der Waals surface area contributed by atoms with Crippen molar-refractivity contribution in [3.8, 4) is 6.07 Å². The summed E-state index contributed by atoms with van der Waals surface area (Å²) in [6, 6.07) is 8.92. The third kappa shape index (κ3) is 3.18. The number of benzene rings is 1. The topological polar surface area (TPSA) is 47.8 Å². The molecule has 1 saturated heterocycles. The Hall–Kier alpha value is -1.18. The van der Waals surface area contributed by atoms with Gasteiger partial charge in [0, 0.05) is 17.5 Å². The Morgan fingerprint density at radius 2 is 2.44 bits per heavy atom. The molecule has 0 saturated carbocycles. The van der Waals surface area contributed by atoms with Crippen LogP contribution in [0.5, 0.6) is 0 Å². The van der Waals surface area contributed by atoms with Crippen molar-refractivity contribution in [3.63, 3.8) is 0 Å². The lowest BCUT2D eigenvalue weighted by Crippen LogP contribution is -2.24. The molecule has 96 valence electrons. The second-order valence-corrected chi connectivity index (χ2v) is 5.35. The average molecular weight is 261 g/mol. The summed E-state index contributed by atoms with van der Waals surface area (Å²) in [5.41, 5.74) is 1.73. The first-order chi connectivity index (χ1) is 8.85. The Morgan fingerprint density at radius 1 is 1.56 bits per heavy atom. The van der Waals surface area contributed by atoms with E-state index in [9.17, 15) is 5.26 Å². The van der Waals surface area contributed by atoms with Crippen molar-refractivity contribution >= 4 is 17.4 Å². The molecule has 0 unspecified atom stereocenters. The van der Waals surface area contributed by atoms with Gasteiger partial charge in [0.05, 0.1) is 11.3 Å². The molecule has 0 spiro atoms. The van der Waals surface area contributed by atoms with Crippen LogP contribution in [-0.4, -0.2) is 25.4 Å². The summed E-state index contributed by atoms with van der Waals surface area (Å²) in [5.74, 6) is 0. The summed E-state index contributed by atoms with van der Waals surface area (Å²) in [6.07, 6.45) is 5.68. The molecule has 1 aromatic carbocycles. The zero-order valence-electron chi connectivity index (χ0n) is 10.7. The number of nitrogens with zero attached hydrogens (tertiary/aromatic N) is 1. The highest BCUT2D eigenvalue weighted by atomic mass is 32.2. The fraction of sp³-hybridized carbons (Fsp3) is 0.500. The summed E-state index contributed by atoms with van der Waals surface area (Å²) < 4.78 is 0. The Bertz CT molecular complexity index is 433. The number of nitriles is 1. The van der Waals surface area contributed by atoms with Crippen molar-refractivity contribution in [1.29, 1.82) is 5.26 Å². The molecule has 1 atom stereocenters. The van der Waals surface area contributed by atoms with Crippen LogP contribution >= 0.6 is 11.8 Å². The molecular formula is C14H19N3S. The molecule has 0 amide bonds. The number of thioether (sulfide) groups is 1. The first-order valence-corrected chi connectivity index (χ1v) is 7.62. The minimum Gasteiger partial charge on any atom is -0.384 e. The molecule has 1 aliphatic rings. The standard InChI is InChI=1S/C14H19N3S/c1-18-14-6-2-5-13(12(14)10-15)17-9-7-11-4-3-8-16-11/h2,5-6,11,16-17H,3-4,7-9H2,1H3/t11-/m1/s1. The van der Waals surface area contributed by atoms with Gasteiger partial charge in [-0.1, -0.05) is 6.07 Å². The molecule has 18 heavy (non-hydrogen) atoms. The SMILES string of the molecule is CSc1cccc(NCC[C@H]2CCCN2)c1C#N. The van der Waals surface area contributed by atoms with E-state index in [0.717, 1.165) is 35.7 Å². The van der Waals surface area contributed by atoms with Crippen LogP contribution < -0.4 is 10.6 Å². The van der Waals surface area contributed by atoms with E-state index in [1.807, 2.05) is 24.5 Å².